The maximum absolute atomic E-state index is 8.92. The van der Waals surface area contributed by atoms with Crippen molar-refractivity contribution < 1.29 is 14.6 Å². The zero-order valence-electron chi connectivity index (χ0n) is 11.2. The van der Waals surface area contributed by atoms with Gasteiger partial charge >= 0.3 is 0 Å². The maximum atomic E-state index is 8.92. The van der Waals surface area contributed by atoms with Crippen molar-refractivity contribution in [2.45, 2.75) is 13.0 Å². The van der Waals surface area contributed by atoms with Gasteiger partial charge in [-0.15, -0.1) is 0 Å². The average Bonchev–Trinajstić information content (AvgIpc) is 2.42. The van der Waals surface area contributed by atoms with Gasteiger partial charge < -0.3 is 14.6 Å². The summed E-state index contributed by atoms with van der Waals surface area (Å²) in [6.45, 7) is 1.61. The molecular weight excluding hydrogens is 240 g/mol. The molecule has 0 aliphatic rings. The smallest absolute Gasteiger partial charge is 0.161 e. The van der Waals surface area contributed by atoms with E-state index in [1.54, 1.807) is 45.4 Å². The molecule has 0 heterocycles. The van der Waals surface area contributed by atoms with Gasteiger partial charge in [0.25, 0.3) is 0 Å². The molecule has 1 rings (SSSR count). The fourth-order valence-corrected chi connectivity index (χ4v) is 1.29. The SMILES string of the molecule is COc1ccc(C#C/C=C/C#C[C@@H](C)O)cc1OC. The molecule has 0 aliphatic carbocycles. The minimum absolute atomic E-state index is 0.622. The Hall–Kier alpha value is -2.36. The van der Waals surface area contributed by atoms with Gasteiger partial charge in [-0.05, 0) is 37.3 Å². The lowest BCUT2D eigenvalue weighted by Crippen LogP contribution is -1.91. The van der Waals surface area contributed by atoms with Gasteiger partial charge in [0.2, 0.25) is 0 Å². The van der Waals surface area contributed by atoms with Crippen molar-refractivity contribution >= 4 is 0 Å². The van der Waals surface area contributed by atoms with Crippen LogP contribution in [0.25, 0.3) is 0 Å². The monoisotopic (exact) mass is 256 g/mol. The van der Waals surface area contributed by atoms with Gasteiger partial charge in [0.1, 0.15) is 6.10 Å². The van der Waals surface area contributed by atoms with Crippen LogP contribution in [0.4, 0.5) is 0 Å². The standard InChI is InChI=1S/C16H16O3/c1-13(17)8-6-4-5-7-9-14-10-11-15(18-2)16(12-14)19-3/h4-5,10-13,17H,1-3H3/b5-4+/t13-/m1/s1. The fourth-order valence-electron chi connectivity index (χ4n) is 1.29. The van der Waals surface area contributed by atoms with Crippen LogP contribution in [0.2, 0.25) is 0 Å². The summed E-state index contributed by atoms with van der Waals surface area (Å²) in [5.74, 6) is 12.4. The third-order valence-corrected chi connectivity index (χ3v) is 2.14. The molecule has 0 radical (unpaired) electrons. The summed E-state index contributed by atoms with van der Waals surface area (Å²) < 4.78 is 10.3. The van der Waals surface area contributed by atoms with Gasteiger partial charge in [-0.25, -0.2) is 0 Å². The minimum Gasteiger partial charge on any atom is -0.493 e. The molecule has 0 bridgehead atoms. The summed E-state index contributed by atoms with van der Waals surface area (Å²) in [5.41, 5.74) is 0.825. The molecule has 19 heavy (non-hydrogen) atoms. The van der Waals surface area contributed by atoms with E-state index in [4.69, 9.17) is 14.6 Å². The largest absolute Gasteiger partial charge is 0.493 e. The number of aliphatic hydroxyl groups is 1. The first kappa shape index (κ1) is 14.7. The first-order valence-electron chi connectivity index (χ1n) is 5.75. The molecule has 3 nitrogen and oxygen atoms in total. The van der Waals surface area contributed by atoms with E-state index in [0.717, 1.165) is 5.56 Å². The van der Waals surface area contributed by atoms with E-state index in [1.165, 1.54) is 0 Å². The van der Waals surface area contributed by atoms with E-state index in [9.17, 15) is 0 Å². The van der Waals surface area contributed by atoms with Crippen molar-refractivity contribution in [3.05, 3.63) is 35.9 Å². The highest BCUT2D eigenvalue weighted by Crippen LogP contribution is 2.26. The number of ether oxygens (including phenoxy) is 2. The first-order chi connectivity index (χ1) is 9.17. The minimum atomic E-state index is -0.622. The molecule has 1 atom stereocenters. The van der Waals surface area contributed by atoms with Crippen molar-refractivity contribution in [2.24, 2.45) is 0 Å². The van der Waals surface area contributed by atoms with Crippen molar-refractivity contribution in [3.63, 3.8) is 0 Å². The first-order valence-corrected chi connectivity index (χ1v) is 5.75. The van der Waals surface area contributed by atoms with Crippen molar-refractivity contribution in [3.8, 4) is 35.2 Å². The van der Waals surface area contributed by atoms with Gasteiger partial charge in [0.15, 0.2) is 11.5 Å². The number of rotatable bonds is 2. The van der Waals surface area contributed by atoms with Crippen LogP contribution in [0.15, 0.2) is 30.4 Å². The Bertz CT molecular complexity index is 563. The molecule has 1 aromatic carbocycles. The number of hydrogen-bond acceptors (Lipinski definition) is 3. The Morgan fingerprint density at radius 2 is 1.79 bits per heavy atom. The number of aliphatic hydroxyl groups excluding tert-OH is 1. The number of benzene rings is 1. The normalized spacial score (nSPS) is 10.9. The van der Waals surface area contributed by atoms with Crippen LogP contribution in [-0.2, 0) is 0 Å². The van der Waals surface area contributed by atoms with Crippen LogP contribution in [-0.4, -0.2) is 25.4 Å². The molecule has 1 aromatic rings. The summed E-state index contributed by atoms with van der Waals surface area (Å²) in [6.07, 6.45) is 2.61. The number of hydrogen-bond donors (Lipinski definition) is 1. The van der Waals surface area contributed by atoms with Crippen LogP contribution in [0, 0.1) is 23.7 Å². The van der Waals surface area contributed by atoms with Crippen LogP contribution >= 0.6 is 0 Å². The van der Waals surface area contributed by atoms with Gasteiger partial charge in [-0.3, -0.25) is 0 Å². The summed E-state index contributed by atoms with van der Waals surface area (Å²) >= 11 is 0. The van der Waals surface area contributed by atoms with E-state index < -0.39 is 6.10 Å². The number of methoxy groups -OCH3 is 2. The van der Waals surface area contributed by atoms with Gasteiger partial charge in [0, 0.05) is 5.56 Å². The molecule has 98 valence electrons. The third-order valence-electron chi connectivity index (χ3n) is 2.14. The lowest BCUT2D eigenvalue weighted by Gasteiger charge is -2.06. The molecule has 0 saturated carbocycles. The maximum Gasteiger partial charge on any atom is 0.161 e. The second kappa shape index (κ2) is 7.87. The van der Waals surface area contributed by atoms with Gasteiger partial charge in [-0.1, -0.05) is 23.7 Å². The van der Waals surface area contributed by atoms with Crippen molar-refractivity contribution in [1.29, 1.82) is 0 Å². The topological polar surface area (TPSA) is 38.7 Å². The molecule has 0 spiro atoms. The lowest BCUT2D eigenvalue weighted by molar-refractivity contribution is 0.253. The highest BCUT2D eigenvalue weighted by Gasteiger charge is 2.02. The molecule has 3 heteroatoms. The summed E-state index contributed by atoms with van der Waals surface area (Å²) in [5, 5.41) is 8.92. The molecule has 0 aromatic heterocycles. The molecule has 1 N–H and O–H groups in total. The Balaban J connectivity index is 2.77. The lowest BCUT2D eigenvalue weighted by atomic mass is 10.2. The Labute approximate surface area is 113 Å². The van der Waals surface area contributed by atoms with Crippen molar-refractivity contribution in [2.75, 3.05) is 14.2 Å². The van der Waals surface area contributed by atoms with Crippen LogP contribution < -0.4 is 9.47 Å². The van der Waals surface area contributed by atoms with E-state index in [1.807, 2.05) is 6.07 Å². The molecule has 0 saturated heterocycles. The Kier molecular flexibility index (Phi) is 6.09. The van der Waals surface area contributed by atoms with Gasteiger partial charge in [-0.2, -0.15) is 0 Å². The van der Waals surface area contributed by atoms with E-state index in [2.05, 4.69) is 23.7 Å². The molecule has 0 amide bonds. The highest BCUT2D eigenvalue weighted by molar-refractivity contribution is 5.49. The number of allylic oxidation sites excluding steroid dienone is 2. The quantitative estimate of drug-likeness (QED) is 0.822. The second-order valence-electron chi connectivity index (χ2n) is 3.64. The van der Waals surface area contributed by atoms with Crippen LogP contribution in [0.3, 0.4) is 0 Å². The predicted molar refractivity (Wildman–Crippen MR) is 75.0 cm³/mol. The summed E-state index contributed by atoms with van der Waals surface area (Å²) in [6, 6.07) is 5.46. The van der Waals surface area contributed by atoms with E-state index >= 15 is 0 Å². The Morgan fingerprint density at radius 1 is 1.11 bits per heavy atom. The molecule has 0 fully saturated rings. The molecule has 0 aliphatic heterocycles. The average molecular weight is 256 g/mol. The predicted octanol–water partition coefficient (Wildman–Crippen LogP) is 2.00. The van der Waals surface area contributed by atoms with Crippen LogP contribution in [0.5, 0.6) is 11.5 Å². The summed E-state index contributed by atoms with van der Waals surface area (Å²) in [7, 11) is 3.17. The van der Waals surface area contributed by atoms with E-state index in [0.29, 0.717) is 11.5 Å². The van der Waals surface area contributed by atoms with Crippen molar-refractivity contribution in [1.82, 2.24) is 0 Å². The third kappa shape index (κ3) is 5.21. The molecule has 0 unspecified atom stereocenters. The zero-order valence-corrected chi connectivity index (χ0v) is 11.2. The zero-order chi connectivity index (χ0) is 14.1. The van der Waals surface area contributed by atoms with Gasteiger partial charge in [0.05, 0.1) is 14.2 Å². The van der Waals surface area contributed by atoms with E-state index in [-0.39, 0.29) is 0 Å². The highest BCUT2D eigenvalue weighted by atomic mass is 16.5. The summed E-state index contributed by atoms with van der Waals surface area (Å²) in [4.78, 5) is 0. The molecular formula is C16H16O3. The fraction of sp³-hybridized carbons (Fsp3) is 0.250. The second-order valence-corrected chi connectivity index (χ2v) is 3.64. The Morgan fingerprint density at radius 3 is 2.42 bits per heavy atom. The van der Waals surface area contributed by atoms with Crippen LogP contribution in [0.1, 0.15) is 12.5 Å².